The van der Waals surface area contributed by atoms with Gasteiger partial charge < -0.3 is 8.83 Å². The summed E-state index contributed by atoms with van der Waals surface area (Å²) in [6.07, 6.45) is 0. The Labute approximate surface area is 306 Å². The highest BCUT2D eigenvalue weighted by atomic mass is 16.4. The largest absolute Gasteiger partial charge is 0.456 e. The number of furan rings is 1. The highest BCUT2D eigenvalue weighted by Crippen LogP contribution is 2.42. The Kier molecular flexibility index (Phi) is 5.90. The van der Waals surface area contributed by atoms with Crippen LogP contribution in [0.1, 0.15) is 0 Å². The number of fused-ring (bicyclic) bond motifs is 11. The van der Waals surface area contributed by atoms with Crippen LogP contribution in [0.4, 0.5) is 0 Å². The van der Waals surface area contributed by atoms with E-state index in [0.29, 0.717) is 23.6 Å². The molecule has 0 saturated carbocycles. The van der Waals surface area contributed by atoms with E-state index in [1.54, 1.807) is 0 Å². The van der Waals surface area contributed by atoms with E-state index in [2.05, 4.69) is 81.9 Å². The Morgan fingerprint density at radius 3 is 1.78 bits per heavy atom. The molecule has 8 nitrogen and oxygen atoms in total. The summed E-state index contributed by atoms with van der Waals surface area (Å²) in [6, 6.07) is 53.8. The summed E-state index contributed by atoms with van der Waals surface area (Å²) in [6.45, 7) is 0. The maximum absolute atomic E-state index is 6.51. The van der Waals surface area contributed by atoms with Gasteiger partial charge >= 0.3 is 6.01 Å². The van der Waals surface area contributed by atoms with E-state index in [4.69, 9.17) is 28.8 Å². The van der Waals surface area contributed by atoms with Crippen molar-refractivity contribution >= 4 is 76.6 Å². The van der Waals surface area contributed by atoms with E-state index in [0.717, 1.165) is 87.8 Å². The average molecular weight is 695 g/mol. The number of rotatable bonds is 4. The fourth-order valence-electron chi connectivity index (χ4n) is 8.13. The number of oxazole rings is 1. The second kappa shape index (κ2) is 11.0. The molecule has 0 aliphatic heterocycles. The lowest BCUT2D eigenvalue weighted by molar-refractivity contribution is 0.574. The fraction of sp³-hybridized carbons (Fsp3) is 0. The zero-order valence-corrected chi connectivity index (χ0v) is 28.5. The summed E-state index contributed by atoms with van der Waals surface area (Å²) in [4.78, 5) is 20.8. The fourth-order valence-corrected chi connectivity index (χ4v) is 8.13. The molecule has 5 heterocycles. The summed E-state index contributed by atoms with van der Waals surface area (Å²) >= 11 is 0. The van der Waals surface area contributed by atoms with Crippen molar-refractivity contribution in [1.82, 2.24) is 29.1 Å². The van der Waals surface area contributed by atoms with E-state index < -0.39 is 0 Å². The van der Waals surface area contributed by atoms with Crippen LogP contribution < -0.4 is 0 Å². The van der Waals surface area contributed by atoms with E-state index in [-0.39, 0.29) is 0 Å². The molecule has 7 aromatic carbocycles. The Bertz CT molecular complexity index is 3430. The molecule has 8 heteroatoms. The number of aromatic nitrogens is 6. The summed E-state index contributed by atoms with van der Waals surface area (Å²) in [5, 5.41) is 6.27. The molecule has 0 aliphatic rings. The van der Waals surface area contributed by atoms with Crippen LogP contribution in [0, 0.1) is 0 Å². The maximum Gasteiger partial charge on any atom is 0.307 e. The minimum absolute atomic E-state index is 0.492. The zero-order chi connectivity index (χ0) is 35.3. The average Bonchev–Trinajstić information content (AvgIpc) is 4.00. The molecular formula is C46H26N6O2. The topological polar surface area (TPSA) is 87.7 Å². The molecule has 12 aromatic rings. The van der Waals surface area contributed by atoms with Crippen molar-refractivity contribution in [2.45, 2.75) is 0 Å². The van der Waals surface area contributed by atoms with Crippen LogP contribution >= 0.6 is 0 Å². The third-order valence-corrected chi connectivity index (χ3v) is 10.4. The zero-order valence-electron chi connectivity index (χ0n) is 28.5. The van der Waals surface area contributed by atoms with Gasteiger partial charge in [-0.1, -0.05) is 121 Å². The second-order valence-corrected chi connectivity index (χ2v) is 13.5. The molecule has 0 atom stereocenters. The van der Waals surface area contributed by atoms with E-state index in [9.17, 15) is 0 Å². The summed E-state index contributed by atoms with van der Waals surface area (Å²) < 4.78 is 17.1. The van der Waals surface area contributed by atoms with Crippen molar-refractivity contribution < 1.29 is 8.83 Å². The van der Waals surface area contributed by atoms with Gasteiger partial charge in [0.2, 0.25) is 5.95 Å². The Hall–Kier alpha value is -7.58. The van der Waals surface area contributed by atoms with Crippen LogP contribution in [-0.2, 0) is 0 Å². The van der Waals surface area contributed by atoms with Crippen molar-refractivity contribution in [3.63, 3.8) is 0 Å². The van der Waals surface area contributed by atoms with Gasteiger partial charge in [0.25, 0.3) is 0 Å². The van der Waals surface area contributed by atoms with Crippen LogP contribution in [0.2, 0.25) is 0 Å². The van der Waals surface area contributed by atoms with Crippen LogP contribution in [0.25, 0.3) is 111 Å². The first kappa shape index (κ1) is 29.0. The van der Waals surface area contributed by atoms with E-state index >= 15 is 0 Å². The summed E-state index contributed by atoms with van der Waals surface area (Å²) in [5.74, 6) is 1.61. The number of hydrogen-bond acceptors (Lipinski definition) is 6. The summed E-state index contributed by atoms with van der Waals surface area (Å²) in [7, 11) is 0. The van der Waals surface area contributed by atoms with E-state index in [1.807, 2.05) is 84.9 Å². The molecule has 0 fully saturated rings. The molecule has 0 saturated heterocycles. The van der Waals surface area contributed by atoms with Gasteiger partial charge in [-0.05, 0) is 36.4 Å². The van der Waals surface area contributed by atoms with Crippen molar-refractivity contribution in [2.75, 3.05) is 0 Å². The molecule has 0 spiro atoms. The van der Waals surface area contributed by atoms with Crippen molar-refractivity contribution in [2.24, 2.45) is 0 Å². The first-order chi connectivity index (χ1) is 26.8. The molecular weight excluding hydrogens is 669 g/mol. The maximum atomic E-state index is 6.51. The quantitative estimate of drug-likeness (QED) is 0.182. The van der Waals surface area contributed by atoms with Crippen molar-refractivity contribution in [3.8, 4) is 34.7 Å². The Morgan fingerprint density at radius 1 is 0.389 bits per heavy atom. The first-order valence-electron chi connectivity index (χ1n) is 17.8. The van der Waals surface area contributed by atoms with Gasteiger partial charge in [0, 0.05) is 43.4 Å². The van der Waals surface area contributed by atoms with Crippen molar-refractivity contribution in [1.29, 1.82) is 0 Å². The predicted octanol–water partition coefficient (Wildman–Crippen LogP) is 11.4. The van der Waals surface area contributed by atoms with E-state index in [1.165, 1.54) is 0 Å². The van der Waals surface area contributed by atoms with Gasteiger partial charge in [-0.3, -0.25) is 9.13 Å². The smallest absolute Gasteiger partial charge is 0.307 e. The van der Waals surface area contributed by atoms with Crippen LogP contribution in [0.3, 0.4) is 0 Å². The Balaban J connectivity index is 1.24. The molecule has 0 N–H and O–H groups in total. The lowest BCUT2D eigenvalue weighted by atomic mass is 10.1. The summed E-state index contributed by atoms with van der Waals surface area (Å²) in [5.41, 5.74) is 8.71. The Morgan fingerprint density at radius 2 is 1.00 bits per heavy atom. The van der Waals surface area contributed by atoms with Crippen molar-refractivity contribution in [3.05, 3.63) is 158 Å². The molecule has 0 aliphatic carbocycles. The lowest BCUT2D eigenvalue weighted by Crippen LogP contribution is -2.07. The van der Waals surface area contributed by atoms with Gasteiger partial charge in [0.15, 0.2) is 17.2 Å². The van der Waals surface area contributed by atoms with Gasteiger partial charge in [-0.15, -0.1) is 0 Å². The second-order valence-electron chi connectivity index (χ2n) is 13.5. The molecule has 252 valence electrons. The molecule has 0 radical (unpaired) electrons. The highest BCUT2D eigenvalue weighted by molar-refractivity contribution is 6.23. The number of hydrogen-bond donors (Lipinski definition) is 0. The molecule has 54 heavy (non-hydrogen) atoms. The monoisotopic (exact) mass is 694 g/mol. The number of para-hydroxylation sites is 5. The SMILES string of the molecule is c1ccc(-c2nc(-c3cccc4oc5ccccc5c34)nc(-n3c4ccccc4c4ccc5c6ccccc6n(-c6nc7ccccc7o6)c5c43)n2)cc1. The van der Waals surface area contributed by atoms with Gasteiger partial charge in [-0.25, -0.2) is 4.98 Å². The number of nitrogens with zero attached hydrogens (tertiary/aromatic N) is 6. The first-order valence-corrected chi connectivity index (χ1v) is 17.8. The van der Waals surface area contributed by atoms with Crippen LogP contribution in [-0.4, -0.2) is 29.1 Å². The third-order valence-electron chi connectivity index (χ3n) is 10.4. The molecule has 0 unspecified atom stereocenters. The number of benzene rings is 7. The molecule has 0 bridgehead atoms. The van der Waals surface area contributed by atoms with Crippen LogP contribution in [0.15, 0.2) is 167 Å². The third kappa shape index (κ3) is 4.07. The minimum atomic E-state index is 0.492. The van der Waals surface area contributed by atoms with Gasteiger partial charge in [0.1, 0.15) is 16.7 Å². The molecule has 12 rings (SSSR count). The lowest BCUT2D eigenvalue weighted by Gasteiger charge is -2.12. The van der Waals surface area contributed by atoms with Gasteiger partial charge in [0.05, 0.1) is 22.1 Å². The standard InChI is InChI=1S/C46H26N6O2/c1-2-13-27(14-3-1)43-48-44(33-18-12-24-39-40(33)32-17-6-10-22-37(32)53-39)50-45(49-43)51-35-20-8-4-15-28(35)30-25-26-31-29-16-5-9-21-36(29)52(42(31)41(30)51)46-47-34-19-7-11-23-38(34)54-46/h1-26H. The normalized spacial score (nSPS) is 12.1. The van der Waals surface area contributed by atoms with Crippen LogP contribution in [0.5, 0.6) is 0 Å². The minimum Gasteiger partial charge on any atom is -0.456 e. The molecule has 0 amide bonds. The van der Waals surface area contributed by atoms with Gasteiger partial charge in [-0.2, -0.15) is 15.0 Å². The predicted molar refractivity (Wildman–Crippen MR) is 214 cm³/mol. The molecule has 5 aromatic heterocycles. The highest BCUT2D eigenvalue weighted by Gasteiger charge is 2.25.